The molecular formula is C14H23ClN2O. The Morgan fingerprint density at radius 1 is 1.39 bits per heavy atom. The molecule has 102 valence electrons. The smallest absolute Gasteiger partial charge is 0.0644 e. The van der Waals surface area contributed by atoms with E-state index in [0.717, 1.165) is 35.8 Å². The molecule has 0 aliphatic carbocycles. The van der Waals surface area contributed by atoms with Crippen LogP contribution in [0.15, 0.2) is 18.2 Å². The third-order valence-electron chi connectivity index (χ3n) is 2.77. The van der Waals surface area contributed by atoms with Gasteiger partial charge >= 0.3 is 0 Å². The number of ether oxygens (including phenoxy) is 1. The lowest BCUT2D eigenvalue weighted by atomic mass is 10.1. The van der Waals surface area contributed by atoms with Gasteiger partial charge in [0.2, 0.25) is 0 Å². The van der Waals surface area contributed by atoms with Gasteiger partial charge in [0.05, 0.1) is 12.7 Å². The van der Waals surface area contributed by atoms with Crippen LogP contribution < -0.4 is 10.6 Å². The van der Waals surface area contributed by atoms with E-state index < -0.39 is 0 Å². The first-order valence-electron chi connectivity index (χ1n) is 6.35. The summed E-state index contributed by atoms with van der Waals surface area (Å²) in [7, 11) is 2.04. The van der Waals surface area contributed by atoms with E-state index in [0.29, 0.717) is 6.54 Å². The van der Waals surface area contributed by atoms with Crippen LogP contribution in [0.2, 0.25) is 5.02 Å². The number of likely N-dealkylation sites (N-methyl/N-ethyl adjacent to an activating group) is 1. The van der Waals surface area contributed by atoms with Crippen LogP contribution in [-0.4, -0.2) is 32.8 Å². The molecule has 0 radical (unpaired) electrons. The van der Waals surface area contributed by atoms with Crippen molar-refractivity contribution in [2.75, 3.05) is 31.6 Å². The van der Waals surface area contributed by atoms with E-state index in [1.165, 1.54) is 0 Å². The molecule has 1 aromatic carbocycles. The van der Waals surface area contributed by atoms with Crippen LogP contribution >= 0.6 is 11.6 Å². The van der Waals surface area contributed by atoms with Crippen LogP contribution in [0.3, 0.4) is 0 Å². The highest BCUT2D eigenvalue weighted by Gasteiger charge is 2.05. The molecule has 2 N–H and O–H groups in total. The summed E-state index contributed by atoms with van der Waals surface area (Å²) in [6.45, 7) is 6.27. The number of rotatable bonds is 7. The Bertz CT molecular complexity index is 369. The number of halogens is 1. The Labute approximate surface area is 115 Å². The number of nitrogens with zero attached hydrogens (tertiary/aromatic N) is 1. The van der Waals surface area contributed by atoms with Crippen molar-refractivity contribution in [2.45, 2.75) is 26.4 Å². The molecular weight excluding hydrogens is 248 g/mol. The summed E-state index contributed by atoms with van der Waals surface area (Å²) in [6, 6.07) is 6.11. The molecule has 0 saturated heterocycles. The zero-order valence-corrected chi connectivity index (χ0v) is 12.2. The molecule has 0 amide bonds. The van der Waals surface area contributed by atoms with Gasteiger partial charge in [0.15, 0.2) is 0 Å². The molecule has 4 heteroatoms. The molecule has 0 fully saturated rings. The van der Waals surface area contributed by atoms with Gasteiger partial charge < -0.3 is 15.4 Å². The van der Waals surface area contributed by atoms with E-state index in [1.807, 2.05) is 33.0 Å². The maximum Gasteiger partial charge on any atom is 0.0644 e. The minimum absolute atomic E-state index is 0.272. The quantitative estimate of drug-likeness (QED) is 0.828. The molecule has 0 heterocycles. The summed E-state index contributed by atoms with van der Waals surface area (Å²) in [5.74, 6) is 0. The molecule has 0 bridgehead atoms. The van der Waals surface area contributed by atoms with Crippen LogP contribution in [0.5, 0.6) is 0 Å². The normalized spacial score (nSPS) is 11.0. The summed E-state index contributed by atoms with van der Waals surface area (Å²) in [5, 5.41) is 0.787. The van der Waals surface area contributed by atoms with Crippen molar-refractivity contribution in [3.05, 3.63) is 28.8 Å². The summed E-state index contributed by atoms with van der Waals surface area (Å²) in [5.41, 5.74) is 7.75. The lowest BCUT2D eigenvalue weighted by Crippen LogP contribution is -2.23. The molecule has 1 rings (SSSR count). The topological polar surface area (TPSA) is 38.5 Å². The summed E-state index contributed by atoms with van der Waals surface area (Å²) in [4.78, 5) is 2.14. The van der Waals surface area contributed by atoms with Gasteiger partial charge in [0, 0.05) is 24.3 Å². The fraction of sp³-hybridized carbons (Fsp3) is 0.571. The summed E-state index contributed by atoms with van der Waals surface area (Å²) >= 11 is 6.22. The van der Waals surface area contributed by atoms with E-state index >= 15 is 0 Å². The molecule has 0 aromatic heterocycles. The zero-order chi connectivity index (χ0) is 13.5. The largest absolute Gasteiger partial charge is 0.377 e. The Balaban J connectivity index is 2.57. The van der Waals surface area contributed by atoms with Crippen LogP contribution in [0.4, 0.5) is 5.69 Å². The SMILES string of the molecule is CC(C)OCCN(C)c1ccc(CCN)c(Cl)c1. The van der Waals surface area contributed by atoms with Crippen molar-refractivity contribution in [3.8, 4) is 0 Å². The van der Waals surface area contributed by atoms with E-state index in [1.54, 1.807) is 0 Å². The van der Waals surface area contributed by atoms with Gasteiger partial charge in [-0.25, -0.2) is 0 Å². The highest BCUT2D eigenvalue weighted by Crippen LogP contribution is 2.23. The predicted molar refractivity (Wildman–Crippen MR) is 78.6 cm³/mol. The molecule has 3 nitrogen and oxygen atoms in total. The monoisotopic (exact) mass is 270 g/mol. The highest BCUT2D eigenvalue weighted by atomic mass is 35.5. The number of hydrogen-bond acceptors (Lipinski definition) is 3. The van der Waals surface area contributed by atoms with Crippen LogP contribution in [-0.2, 0) is 11.2 Å². The number of benzene rings is 1. The van der Waals surface area contributed by atoms with Crippen LogP contribution in [0, 0.1) is 0 Å². The average molecular weight is 271 g/mol. The molecule has 0 aliphatic rings. The summed E-state index contributed by atoms with van der Waals surface area (Å²) in [6.07, 6.45) is 1.09. The van der Waals surface area contributed by atoms with Gasteiger partial charge in [-0.1, -0.05) is 17.7 Å². The molecule has 1 aromatic rings. The fourth-order valence-electron chi connectivity index (χ4n) is 1.69. The van der Waals surface area contributed by atoms with Crippen LogP contribution in [0.25, 0.3) is 0 Å². The van der Waals surface area contributed by atoms with Gasteiger partial charge in [-0.3, -0.25) is 0 Å². The van der Waals surface area contributed by atoms with E-state index in [-0.39, 0.29) is 6.10 Å². The average Bonchev–Trinajstić information content (AvgIpc) is 2.31. The Morgan fingerprint density at radius 2 is 2.11 bits per heavy atom. The second-order valence-corrected chi connectivity index (χ2v) is 5.06. The third-order valence-corrected chi connectivity index (χ3v) is 3.12. The Kier molecular flexibility index (Phi) is 6.47. The van der Waals surface area contributed by atoms with Crippen molar-refractivity contribution in [2.24, 2.45) is 5.73 Å². The second kappa shape index (κ2) is 7.62. The van der Waals surface area contributed by atoms with E-state index in [2.05, 4.69) is 11.0 Å². The molecule has 0 atom stereocenters. The van der Waals surface area contributed by atoms with Crippen molar-refractivity contribution < 1.29 is 4.74 Å². The minimum atomic E-state index is 0.272. The number of anilines is 1. The molecule has 0 unspecified atom stereocenters. The van der Waals surface area contributed by atoms with Gasteiger partial charge in [-0.15, -0.1) is 0 Å². The number of hydrogen-bond donors (Lipinski definition) is 1. The van der Waals surface area contributed by atoms with E-state index in [9.17, 15) is 0 Å². The van der Waals surface area contributed by atoms with E-state index in [4.69, 9.17) is 22.1 Å². The maximum atomic E-state index is 6.22. The first kappa shape index (κ1) is 15.3. The van der Waals surface area contributed by atoms with Gasteiger partial charge in [-0.2, -0.15) is 0 Å². The Morgan fingerprint density at radius 3 is 2.67 bits per heavy atom. The second-order valence-electron chi connectivity index (χ2n) is 4.66. The molecule has 0 saturated carbocycles. The summed E-state index contributed by atoms with van der Waals surface area (Å²) < 4.78 is 5.54. The maximum absolute atomic E-state index is 6.22. The van der Waals surface area contributed by atoms with Crippen LogP contribution in [0.1, 0.15) is 19.4 Å². The molecule has 0 aliphatic heterocycles. The lowest BCUT2D eigenvalue weighted by Gasteiger charge is -2.21. The first-order valence-corrected chi connectivity index (χ1v) is 6.73. The van der Waals surface area contributed by atoms with Crippen molar-refractivity contribution >= 4 is 17.3 Å². The highest BCUT2D eigenvalue weighted by molar-refractivity contribution is 6.31. The first-order chi connectivity index (χ1) is 8.54. The van der Waals surface area contributed by atoms with Gasteiger partial charge in [0.1, 0.15) is 0 Å². The van der Waals surface area contributed by atoms with Crippen molar-refractivity contribution in [1.82, 2.24) is 0 Å². The van der Waals surface area contributed by atoms with Gasteiger partial charge in [0.25, 0.3) is 0 Å². The minimum Gasteiger partial charge on any atom is -0.377 e. The molecule has 0 spiro atoms. The number of nitrogens with two attached hydrogens (primary N) is 1. The molecule has 18 heavy (non-hydrogen) atoms. The Hall–Kier alpha value is -0.770. The fourth-order valence-corrected chi connectivity index (χ4v) is 1.96. The standard InChI is InChI=1S/C14H23ClN2O/c1-11(2)18-9-8-17(3)13-5-4-12(6-7-16)14(15)10-13/h4-5,10-11H,6-9,16H2,1-3H3. The lowest BCUT2D eigenvalue weighted by molar-refractivity contribution is 0.0846. The third kappa shape index (κ3) is 4.84. The zero-order valence-electron chi connectivity index (χ0n) is 11.4. The van der Waals surface area contributed by atoms with Crippen molar-refractivity contribution in [1.29, 1.82) is 0 Å². The van der Waals surface area contributed by atoms with Gasteiger partial charge in [-0.05, 0) is 44.5 Å². The predicted octanol–water partition coefficient (Wildman–Crippen LogP) is 2.70. The van der Waals surface area contributed by atoms with Crippen molar-refractivity contribution in [3.63, 3.8) is 0 Å².